The SMILES string of the molecule is Cc1c(N)c(-c2ccccc2N(C)C)cc(-c2ccccc2N(C)C)c1N. The first-order valence-corrected chi connectivity index (χ1v) is 9.05. The van der Waals surface area contributed by atoms with Crippen LogP contribution in [0.3, 0.4) is 0 Å². The molecule has 0 saturated heterocycles. The van der Waals surface area contributed by atoms with Crippen LogP contribution in [0.4, 0.5) is 22.7 Å². The van der Waals surface area contributed by atoms with Gasteiger partial charge in [-0.25, -0.2) is 0 Å². The molecule has 0 fully saturated rings. The van der Waals surface area contributed by atoms with Crippen LogP contribution in [0.25, 0.3) is 22.3 Å². The molecule has 0 aliphatic carbocycles. The number of hydrogen-bond acceptors (Lipinski definition) is 4. The molecule has 4 N–H and O–H groups in total. The van der Waals surface area contributed by atoms with Crippen molar-refractivity contribution in [2.45, 2.75) is 6.92 Å². The molecular weight excluding hydrogens is 332 g/mol. The molecule has 0 saturated carbocycles. The van der Waals surface area contributed by atoms with Gasteiger partial charge in [-0.1, -0.05) is 36.4 Å². The molecule has 3 aromatic rings. The van der Waals surface area contributed by atoms with Crippen LogP contribution in [0.15, 0.2) is 54.6 Å². The third-order valence-electron chi connectivity index (χ3n) is 5.03. The van der Waals surface area contributed by atoms with Crippen molar-refractivity contribution in [3.8, 4) is 22.3 Å². The second-order valence-corrected chi connectivity index (χ2v) is 7.25. The molecule has 0 radical (unpaired) electrons. The first-order valence-electron chi connectivity index (χ1n) is 9.05. The molecule has 0 atom stereocenters. The largest absolute Gasteiger partial charge is 0.398 e. The molecule has 0 unspecified atom stereocenters. The highest BCUT2D eigenvalue weighted by atomic mass is 15.1. The van der Waals surface area contributed by atoms with E-state index in [0.29, 0.717) is 0 Å². The van der Waals surface area contributed by atoms with E-state index in [1.165, 1.54) is 0 Å². The van der Waals surface area contributed by atoms with Crippen LogP contribution >= 0.6 is 0 Å². The number of benzene rings is 3. The van der Waals surface area contributed by atoms with E-state index in [0.717, 1.165) is 50.6 Å². The number of nitrogen functional groups attached to an aromatic ring is 2. The quantitative estimate of drug-likeness (QED) is 0.666. The Morgan fingerprint density at radius 1 is 0.593 bits per heavy atom. The number of hydrogen-bond donors (Lipinski definition) is 2. The molecule has 0 spiro atoms. The molecule has 0 heterocycles. The Labute approximate surface area is 162 Å². The maximum Gasteiger partial charge on any atom is 0.0445 e. The fourth-order valence-electron chi connectivity index (χ4n) is 3.48. The van der Waals surface area contributed by atoms with Crippen molar-refractivity contribution in [1.29, 1.82) is 0 Å². The molecule has 27 heavy (non-hydrogen) atoms. The van der Waals surface area contributed by atoms with Crippen molar-refractivity contribution < 1.29 is 0 Å². The zero-order valence-corrected chi connectivity index (χ0v) is 16.7. The van der Waals surface area contributed by atoms with Gasteiger partial charge in [-0.05, 0) is 30.7 Å². The lowest BCUT2D eigenvalue weighted by Crippen LogP contribution is -2.11. The van der Waals surface area contributed by atoms with Gasteiger partial charge >= 0.3 is 0 Å². The highest BCUT2D eigenvalue weighted by Gasteiger charge is 2.18. The lowest BCUT2D eigenvalue weighted by molar-refractivity contribution is 1.13. The Bertz CT molecular complexity index is 898. The highest BCUT2D eigenvalue weighted by Crippen LogP contribution is 2.43. The van der Waals surface area contributed by atoms with Crippen LogP contribution in [-0.4, -0.2) is 28.2 Å². The van der Waals surface area contributed by atoms with Gasteiger partial charge in [-0.3, -0.25) is 0 Å². The summed E-state index contributed by atoms with van der Waals surface area (Å²) in [5.74, 6) is 0. The van der Waals surface area contributed by atoms with Gasteiger partial charge in [-0.2, -0.15) is 0 Å². The molecule has 0 aromatic heterocycles. The van der Waals surface area contributed by atoms with Gasteiger partial charge in [0.05, 0.1) is 0 Å². The van der Waals surface area contributed by atoms with Crippen molar-refractivity contribution >= 4 is 22.7 Å². The molecule has 3 aromatic carbocycles. The van der Waals surface area contributed by atoms with E-state index >= 15 is 0 Å². The Balaban J connectivity index is 2.33. The monoisotopic (exact) mass is 360 g/mol. The average Bonchev–Trinajstić information content (AvgIpc) is 2.66. The summed E-state index contributed by atoms with van der Waals surface area (Å²) in [6, 6.07) is 18.7. The number of rotatable bonds is 4. The number of nitrogens with zero attached hydrogens (tertiary/aromatic N) is 2. The van der Waals surface area contributed by atoms with Gasteiger partial charge in [0, 0.05) is 73.2 Å². The van der Waals surface area contributed by atoms with Crippen LogP contribution in [0.5, 0.6) is 0 Å². The molecular formula is C23H28N4. The molecule has 0 aliphatic heterocycles. The van der Waals surface area contributed by atoms with Crippen LogP contribution in [-0.2, 0) is 0 Å². The van der Waals surface area contributed by atoms with Gasteiger partial charge in [-0.15, -0.1) is 0 Å². The summed E-state index contributed by atoms with van der Waals surface area (Å²) in [4.78, 5) is 4.21. The highest BCUT2D eigenvalue weighted by molar-refractivity contribution is 5.97. The molecule has 0 amide bonds. The third-order valence-corrected chi connectivity index (χ3v) is 5.03. The van der Waals surface area contributed by atoms with E-state index in [1.54, 1.807) is 0 Å². The Morgan fingerprint density at radius 3 is 1.33 bits per heavy atom. The average molecular weight is 361 g/mol. The zero-order chi connectivity index (χ0) is 19.7. The minimum absolute atomic E-state index is 0.730. The van der Waals surface area contributed by atoms with Crippen LogP contribution < -0.4 is 21.3 Å². The van der Waals surface area contributed by atoms with Gasteiger partial charge in [0.25, 0.3) is 0 Å². The molecule has 140 valence electrons. The first-order chi connectivity index (χ1) is 12.8. The smallest absolute Gasteiger partial charge is 0.0445 e. The standard InChI is InChI=1S/C23H28N4/c1-15-22(24)18(16-10-6-8-12-20(16)26(2)3)14-19(23(15)25)17-11-7-9-13-21(17)27(4)5/h6-14H,24-25H2,1-5H3. The van der Waals surface area contributed by atoms with Crippen molar-refractivity contribution in [2.24, 2.45) is 0 Å². The van der Waals surface area contributed by atoms with Crippen LogP contribution in [0.1, 0.15) is 5.56 Å². The maximum absolute atomic E-state index is 6.52. The lowest BCUT2D eigenvalue weighted by atomic mass is 9.91. The van der Waals surface area contributed by atoms with Crippen LogP contribution in [0, 0.1) is 6.92 Å². The fraction of sp³-hybridized carbons (Fsp3) is 0.217. The van der Waals surface area contributed by atoms with Gasteiger partial charge in [0.1, 0.15) is 0 Å². The number of anilines is 4. The van der Waals surface area contributed by atoms with E-state index in [9.17, 15) is 0 Å². The molecule has 0 bridgehead atoms. The van der Waals surface area contributed by atoms with E-state index < -0.39 is 0 Å². The third kappa shape index (κ3) is 3.31. The van der Waals surface area contributed by atoms with Gasteiger partial charge < -0.3 is 21.3 Å². The summed E-state index contributed by atoms with van der Waals surface area (Å²) in [6.45, 7) is 1.99. The molecule has 4 nitrogen and oxygen atoms in total. The summed E-state index contributed by atoms with van der Waals surface area (Å²) >= 11 is 0. The van der Waals surface area contributed by atoms with Gasteiger partial charge in [0.2, 0.25) is 0 Å². The number of nitrogens with two attached hydrogens (primary N) is 2. The van der Waals surface area contributed by atoms with Gasteiger partial charge in [0.15, 0.2) is 0 Å². The van der Waals surface area contributed by atoms with Crippen molar-refractivity contribution in [3.05, 3.63) is 60.2 Å². The predicted octanol–water partition coefficient (Wildman–Crippen LogP) is 4.63. The van der Waals surface area contributed by atoms with E-state index in [1.807, 2.05) is 59.4 Å². The summed E-state index contributed by atoms with van der Waals surface area (Å²) in [5.41, 5.74) is 21.9. The zero-order valence-electron chi connectivity index (χ0n) is 16.7. The summed E-state index contributed by atoms with van der Waals surface area (Å²) in [7, 11) is 8.17. The lowest BCUT2D eigenvalue weighted by Gasteiger charge is -2.23. The Hall–Kier alpha value is -3.14. The van der Waals surface area contributed by atoms with Crippen molar-refractivity contribution in [1.82, 2.24) is 0 Å². The summed E-state index contributed by atoms with van der Waals surface area (Å²) in [6.07, 6.45) is 0. The second-order valence-electron chi connectivity index (χ2n) is 7.25. The molecule has 4 heteroatoms. The fourth-order valence-corrected chi connectivity index (χ4v) is 3.48. The second kappa shape index (κ2) is 7.23. The molecule has 3 rings (SSSR count). The summed E-state index contributed by atoms with van der Waals surface area (Å²) in [5, 5.41) is 0. The summed E-state index contributed by atoms with van der Waals surface area (Å²) < 4.78 is 0. The minimum atomic E-state index is 0.730. The van der Waals surface area contributed by atoms with E-state index in [4.69, 9.17) is 11.5 Å². The van der Waals surface area contributed by atoms with E-state index in [2.05, 4.69) is 40.1 Å². The van der Waals surface area contributed by atoms with Crippen molar-refractivity contribution in [3.63, 3.8) is 0 Å². The first kappa shape index (κ1) is 18.6. The maximum atomic E-state index is 6.52. The number of para-hydroxylation sites is 2. The topological polar surface area (TPSA) is 58.5 Å². The normalized spacial score (nSPS) is 10.7. The van der Waals surface area contributed by atoms with Crippen LogP contribution in [0.2, 0.25) is 0 Å². The Kier molecular flexibility index (Phi) is 5.00. The minimum Gasteiger partial charge on any atom is -0.398 e. The predicted molar refractivity (Wildman–Crippen MR) is 120 cm³/mol. The Morgan fingerprint density at radius 2 is 0.963 bits per heavy atom. The molecule has 0 aliphatic rings. The van der Waals surface area contributed by atoms with Crippen molar-refractivity contribution in [2.75, 3.05) is 49.5 Å². The van der Waals surface area contributed by atoms with E-state index in [-0.39, 0.29) is 0 Å².